The van der Waals surface area contributed by atoms with E-state index in [1.165, 1.54) is 18.4 Å². The molecular weight excluding hydrogens is 186 g/mol. The molecule has 2 nitrogen and oxygen atoms in total. The van der Waals surface area contributed by atoms with Crippen molar-refractivity contribution in [3.8, 4) is 0 Å². The maximum Gasteiger partial charge on any atom is 0.126 e. The van der Waals surface area contributed by atoms with Gasteiger partial charge in [-0.2, -0.15) is 0 Å². The van der Waals surface area contributed by atoms with Crippen molar-refractivity contribution in [2.45, 2.75) is 45.6 Å². The van der Waals surface area contributed by atoms with Crippen LogP contribution in [0.1, 0.15) is 39.5 Å². The zero-order valence-electron chi connectivity index (χ0n) is 9.70. The molecule has 2 N–H and O–H groups in total. The van der Waals surface area contributed by atoms with E-state index in [1.807, 2.05) is 6.92 Å². The molecular formula is C13H21NO. The van der Waals surface area contributed by atoms with Gasteiger partial charge in [0.1, 0.15) is 6.29 Å². The normalized spacial score (nSPS) is 41.9. The van der Waals surface area contributed by atoms with Gasteiger partial charge in [-0.15, -0.1) is 0 Å². The van der Waals surface area contributed by atoms with Crippen LogP contribution >= 0.6 is 0 Å². The molecule has 2 unspecified atom stereocenters. The van der Waals surface area contributed by atoms with Gasteiger partial charge in [-0.05, 0) is 30.6 Å². The molecule has 2 rings (SSSR count). The van der Waals surface area contributed by atoms with Gasteiger partial charge < -0.3 is 10.5 Å². The number of rotatable bonds is 2. The molecule has 0 amide bonds. The van der Waals surface area contributed by atoms with Gasteiger partial charge in [-0.25, -0.2) is 0 Å². The second kappa shape index (κ2) is 3.75. The standard InChI is InChI=1S/C13H21NO/c1-9(8-15)10-5-6-11-12(14)4-3-7-13(10,11)2/h5,8-9,11-12H,3-4,6-7,14H2,1-2H3/t9-,11?,12?,13+/m0/s1. The Balaban J connectivity index is 2.26. The smallest absolute Gasteiger partial charge is 0.126 e. The van der Waals surface area contributed by atoms with Crippen LogP contribution < -0.4 is 5.73 Å². The van der Waals surface area contributed by atoms with Crippen LogP contribution in [0.4, 0.5) is 0 Å². The van der Waals surface area contributed by atoms with Crippen LogP contribution in [0.15, 0.2) is 11.6 Å². The third kappa shape index (κ3) is 1.55. The Labute approximate surface area is 91.9 Å². The van der Waals surface area contributed by atoms with E-state index in [0.717, 1.165) is 19.1 Å². The lowest BCUT2D eigenvalue weighted by Crippen LogP contribution is -2.44. The summed E-state index contributed by atoms with van der Waals surface area (Å²) in [5.41, 5.74) is 7.74. The summed E-state index contributed by atoms with van der Waals surface area (Å²) in [6.07, 6.45) is 7.98. The highest BCUT2D eigenvalue weighted by Gasteiger charge is 2.47. The molecule has 2 aliphatic carbocycles. The van der Waals surface area contributed by atoms with Crippen molar-refractivity contribution in [2.24, 2.45) is 23.0 Å². The Morgan fingerprint density at radius 1 is 1.67 bits per heavy atom. The topological polar surface area (TPSA) is 43.1 Å². The first kappa shape index (κ1) is 10.9. The molecule has 0 aromatic rings. The van der Waals surface area contributed by atoms with Crippen LogP contribution in [0, 0.1) is 17.3 Å². The molecule has 0 bridgehead atoms. The van der Waals surface area contributed by atoms with Gasteiger partial charge in [-0.1, -0.05) is 31.9 Å². The van der Waals surface area contributed by atoms with E-state index in [9.17, 15) is 4.79 Å². The molecule has 0 saturated heterocycles. The van der Waals surface area contributed by atoms with Gasteiger partial charge in [-0.3, -0.25) is 0 Å². The second-order valence-corrected chi connectivity index (χ2v) is 5.40. The van der Waals surface area contributed by atoms with Gasteiger partial charge in [0.25, 0.3) is 0 Å². The molecule has 1 saturated carbocycles. The van der Waals surface area contributed by atoms with E-state index in [-0.39, 0.29) is 11.3 Å². The lowest BCUT2D eigenvalue weighted by atomic mass is 9.63. The molecule has 0 aliphatic heterocycles. The van der Waals surface area contributed by atoms with E-state index in [0.29, 0.717) is 12.0 Å². The predicted molar refractivity (Wildman–Crippen MR) is 61.4 cm³/mol. The van der Waals surface area contributed by atoms with E-state index in [1.54, 1.807) is 0 Å². The number of aldehydes is 1. The monoisotopic (exact) mass is 207 g/mol. The number of carbonyl (C=O) groups excluding carboxylic acids is 1. The van der Waals surface area contributed by atoms with Gasteiger partial charge in [0.05, 0.1) is 0 Å². The number of allylic oxidation sites excluding steroid dienone is 2. The van der Waals surface area contributed by atoms with Crippen molar-refractivity contribution in [3.05, 3.63) is 11.6 Å². The van der Waals surface area contributed by atoms with Crippen molar-refractivity contribution in [3.63, 3.8) is 0 Å². The van der Waals surface area contributed by atoms with Crippen molar-refractivity contribution in [2.75, 3.05) is 0 Å². The predicted octanol–water partition coefficient (Wildman–Crippen LogP) is 2.29. The van der Waals surface area contributed by atoms with E-state index >= 15 is 0 Å². The second-order valence-electron chi connectivity index (χ2n) is 5.40. The minimum Gasteiger partial charge on any atom is -0.327 e. The summed E-state index contributed by atoms with van der Waals surface area (Å²) in [6.45, 7) is 4.31. The Bertz CT molecular complexity index is 297. The van der Waals surface area contributed by atoms with Gasteiger partial charge in [0, 0.05) is 12.0 Å². The molecule has 0 aromatic carbocycles. The Morgan fingerprint density at radius 3 is 3.07 bits per heavy atom. The zero-order chi connectivity index (χ0) is 11.1. The van der Waals surface area contributed by atoms with Crippen LogP contribution in [0.5, 0.6) is 0 Å². The quantitative estimate of drug-likeness (QED) is 0.557. The van der Waals surface area contributed by atoms with E-state index in [2.05, 4.69) is 13.0 Å². The number of hydrogen-bond acceptors (Lipinski definition) is 2. The van der Waals surface area contributed by atoms with Crippen LogP contribution in [-0.2, 0) is 4.79 Å². The van der Waals surface area contributed by atoms with Gasteiger partial charge in [0.15, 0.2) is 0 Å². The molecule has 0 heterocycles. The highest BCUT2D eigenvalue weighted by molar-refractivity contribution is 5.59. The third-order valence-electron chi connectivity index (χ3n) is 4.51. The molecule has 84 valence electrons. The average molecular weight is 207 g/mol. The van der Waals surface area contributed by atoms with Crippen LogP contribution in [0.25, 0.3) is 0 Å². The Hall–Kier alpha value is -0.630. The van der Waals surface area contributed by atoms with E-state index < -0.39 is 0 Å². The number of fused-ring (bicyclic) bond motifs is 1. The van der Waals surface area contributed by atoms with Crippen LogP contribution in [-0.4, -0.2) is 12.3 Å². The summed E-state index contributed by atoms with van der Waals surface area (Å²) in [5, 5.41) is 0. The first-order valence-corrected chi connectivity index (χ1v) is 6.01. The van der Waals surface area contributed by atoms with Crippen LogP contribution in [0.3, 0.4) is 0 Å². The SMILES string of the molecule is C[C@@H](C=O)C1=CCC2C(N)CCC[C@]12C. The summed E-state index contributed by atoms with van der Waals surface area (Å²) in [5.74, 6) is 0.647. The molecule has 15 heavy (non-hydrogen) atoms. The summed E-state index contributed by atoms with van der Waals surface area (Å²) in [6, 6.07) is 0.330. The lowest BCUT2D eigenvalue weighted by Gasteiger charge is -2.43. The molecule has 2 aliphatic rings. The van der Waals surface area contributed by atoms with Crippen molar-refractivity contribution in [1.29, 1.82) is 0 Å². The molecule has 0 spiro atoms. The van der Waals surface area contributed by atoms with Crippen molar-refractivity contribution in [1.82, 2.24) is 0 Å². The van der Waals surface area contributed by atoms with E-state index in [4.69, 9.17) is 5.73 Å². The molecule has 4 atom stereocenters. The number of carbonyl (C=O) groups is 1. The zero-order valence-corrected chi connectivity index (χ0v) is 9.70. The molecule has 0 radical (unpaired) electrons. The number of hydrogen-bond donors (Lipinski definition) is 1. The highest BCUT2D eigenvalue weighted by atomic mass is 16.1. The minimum absolute atomic E-state index is 0.0744. The fraction of sp³-hybridized carbons (Fsp3) is 0.769. The van der Waals surface area contributed by atoms with Gasteiger partial charge in [0.2, 0.25) is 0 Å². The van der Waals surface area contributed by atoms with Gasteiger partial charge >= 0.3 is 0 Å². The molecule has 0 aromatic heterocycles. The molecule has 2 heteroatoms. The summed E-state index contributed by atoms with van der Waals surface area (Å²) >= 11 is 0. The minimum atomic E-state index is 0.0744. The Kier molecular flexibility index (Phi) is 2.72. The summed E-state index contributed by atoms with van der Waals surface area (Å²) < 4.78 is 0. The maximum atomic E-state index is 10.9. The lowest BCUT2D eigenvalue weighted by molar-refractivity contribution is -0.110. The fourth-order valence-electron chi connectivity index (χ4n) is 3.62. The van der Waals surface area contributed by atoms with Crippen molar-refractivity contribution < 1.29 is 4.79 Å². The highest BCUT2D eigenvalue weighted by Crippen LogP contribution is 2.53. The average Bonchev–Trinajstić information content (AvgIpc) is 2.56. The fourth-order valence-corrected chi connectivity index (χ4v) is 3.62. The summed E-state index contributed by atoms with van der Waals surface area (Å²) in [7, 11) is 0. The molecule has 1 fully saturated rings. The largest absolute Gasteiger partial charge is 0.327 e. The van der Waals surface area contributed by atoms with Crippen LogP contribution in [0.2, 0.25) is 0 Å². The summed E-state index contributed by atoms with van der Waals surface area (Å²) in [4.78, 5) is 10.9. The number of nitrogens with two attached hydrogens (primary N) is 1. The Morgan fingerprint density at radius 2 is 2.40 bits per heavy atom. The third-order valence-corrected chi connectivity index (χ3v) is 4.51. The first-order valence-electron chi connectivity index (χ1n) is 6.01. The maximum absolute atomic E-state index is 10.9. The van der Waals surface area contributed by atoms with Crippen molar-refractivity contribution >= 4 is 6.29 Å². The first-order chi connectivity index (χ1) is 7.09.